The van der Waals surface area contributed by atoms with Crippen LogP contribution in [0.15, 0.2) is 30.3 Å². The van der Waals surface area contributed by atoms with Crippen LogP contribution in [0.2, 0.25) is 0 Å². The minimum Gasteiger partial charge on any atom is -0.342 e. The molecular formula is C19H22N4O4. The van der Waals surface area contributed by atoms with Gasteiger partial charge in [-0.1, -0.05) is 30.3 Å². The Labute approximate surface area is 156 Å². The third-order valence-corrected chi connectivity index (χ3v) is 5.72. The first kappa shape index (κ1) is 17.5. The van der Waals surface area contributed by atoms with Crippen molar-refractivity contribution in [2.45, 2.75) is 31.3 Å². The number of benzene rings is 1. The average Bonchev–Trinajstić information content (AvgIpc) is 3.15. The molecule has 1 aromatic rings. The van der Waals surface area contributed by atoms with E-state index in [0.717, 1.165) is 5.56 Å². The number of imide groups is 1. The van der Waals surface area contributed by atoms with Gasteiger partial charge in [0.25, 0.3) is 5.91 Å². The second-order valence-corrected chi connectivity index (χ2v) is 7.48. The predicted molar refractivity (Wildman–Crippen MR) is 95.2 cm³/mol. The molecule has 5 amide bonds. The molecule has 142 valence electrons. The third kappa shape index (κ3) is 3.27. The molecule has 8 heteroatoms. The zero-order chi connectivity index (χ0) is 19.0. The van der Waals surface area contributed by atoms with Crippen LogP contribution in [-0.2, 0) is 20.9 Å². The minimum atomic E-state index is -0.890. The van der Waals surface area contributed by atoms with Gasteiger partial charge in [-0.15, -0.1) is 0 Å². The Morgan fingerprint density at radius 2 is 1.81 bits per heavy atom. The van der Waals surface area contributed by atoms with Crippen LogP contribution in [-0.4, -0.2) is 58.7 Å². The number of carbonyl (C=O) groups excluding carboxylic acids is 4. The number of amides is 5. The molecule has 3 heterocycles. The lowest BCUT2D eigenvalue weighted by molar-refractivity contribution is -0.139. The van der Waals surface area contributed by atoms with Crippen molar-refractivity contribution in [3.05, 3.63) is 35.9 Å². The molecule has 1 atom stereocenters. The van der Waals surface area contributed by atoms with Crippen molar-refractivity contribution in [1.29, 1.82) is 0 Å². The molecule has 3 aliphatic heterocycles. The number of nitrogens with one attached hydrogen (secondary N) is 2. The van der Waals surface area contributed by atoms with E-state index in [9.17, 15) is 19.2 Å². The number of piperidine rings is 1. The molecule has 3 fully saturated rings. The fourth-order valence-electron chi connectivity index (χ4n) is 4.14. The smallest absolute Gasteiger partial charge is 0.322 e. The molecule has 0 aliphatic carbocycles. The van der Waals surface area contributed by atoms with Crippen LogP contribution in [0.4, 0.5) is 4.79 Å². The second-order valence-electron chi connectivity index (χ2n) is 7.48. The quantitative estimate of drug-likeness (QED) is 0.745. The van der Waals surface area contributed by atoms with Crippen LogP contribution in [0.3, 0.4) is 0 Å². The normalized spacial score (nSPS) is 24.3. The summed E-state index contributed by atoms with van der Waals surface area (Å²) in [4.78, 5) is 52.0. The lowest BCUT2D eigenvalue weighted by atomic mass is 9.87. The Kier molecular flexibility index (Phi) is 4.33. The molecule has 3 saturated heterocycles. The lowest BCUT2D eigenvalue weighted by Crippen LogP contribution is -2.56. The van der Waals surface area contributed by atoms with Crippen LogP contribution < -0.4 is 10.6 Å². The van der Waals surface area contributed by atoms with E-state index in [0.29, 0.717) is 39.0 Å². The number of hydrogen-bond acceptors (Lipinski definition) is 4. The third-order valence-electron chi connectivity index (χ3n) is 5.72. The fourth-order valence-corrected chi connectivity index (χ4v) is 4.14. The first-order valence-corrected chi connectivity index (χ1v) is 9.21. The highest BCUT2D eigenvalue weighted by atomic mass is 16.2. The zero-order valence-electron chi connectivity index (χ0n) is 14.9. The molecule has 1 aromatic carbocycles. The number of hydrogen-bond donors (Lipinski definition) is 2. The van der Waals surface area contributed by atoms with Gasteiger partial charge in [-0.3, -0.25) is 19.7 Å². The summed E-state index contributed by atoms with van der Waals surface area (Å²) in [5.74, 6) is -0.710. The summed E-state index contributed by atoms with van der Waals surface area (Å²) in [6.45, 7) is 1.73. The minimum absolute atomic E-state index is 0.00637. The predicted octanol–water partition coefficient (Wildman–Crippen LogP) is 0.236. The van der Waals surface area contributed by atoms with Crippen molar-refractivity contribution in [2.75, 3.05) is 19.6 Å². The zero-order valence-corrected chi connectivity index (χ0v) is 14.9. The largest absolute Gasteiger partial charge is 0.342 e. The topological polar surface area (TPSA) is 98.8 Å². The maximum atomic E-state index is 12.9. The Morgan fingerprint density at radius 3 is 2.44 bits per heavy atom. The van der Waals surface area contributed by atoms with E-state index < -0.39 is 11.6 Å². The van der Waals surface area contributed by atoms with Gasteiger partial charge in [-0.2, -0.15) is 0 Å². The molecule has 4 rings (SSSR count). The number of carbonyl (C=O) groups is 4. The van der Waals surface area contributed by atoms with Crippen LogP contribution >= 0.6 is 0 Å². The summed E-state index contributed by atoms with van der Waals surface area (Å²) < 4.78 is 0. The molecule has 3 aliphatic rings. The lowest BCUT2D eigenvalue weighted by Gasteiger charge is -2.37. The van der Waals surface area contributed by atoms with Gasteiger partial charge in [0.2, 0.25) is 11.8 Å². The van der Waals surface area contributed by atoms with Gasteiger partial charge in [0.15, 0.2) is 0 Å². The molecule has 0 saturated carbocycles. The summed E-state index contributed by atoms with van der Waals surface area (Å²) in [6, 6.07) is 9.25. The summed E-state index contributed by atoms with van der Waals surface area (Å²) in [7, 11) is 0. The van der Waals surface area contributed by atoms with E-state index in [4.69, 9.17) is 0 Å². The fraction of sp³-hybridized carbons (Fsp3) is 0.474. The van der Waals surface area contributed by atoms with E-state index in [1.165, 1.54) is 0 Å². The Balaban J connectivity index is 1.35. The SMILES string of the molecule is O=C1NC(=O)C2(CCN(C(=O)C3CC(=O)N(Cc4ccccc4)C3)CC2)N1. The van der Waals surface area contributed by atoms with Gasteiger partial charge >= 0.3 is 6.03 Å². The van der Waals surface area contributed by atoms with Gasteiger partial charge in [0.1, 0.15) is 5.54 Å². The van der Waals surface area contributed by atoms with Gasteiger partial charge in [0.05, 0.1) is 5.92 Å². The van der Waals surface area contributed by atoms with Crippen LogP contribution in [0.5, 0.6) is 0 Å². The molecular weight excluding hydrogens is 348 g/mol. The van der Waals surface area contributed by atoms with Gasteiger partial charge in [-0.25, -0.2) is 4.79 Å². The number of rotatable bonds is 3. The maximum absolute atomic E-state index is 12.9. The Morgan fingerprint density at radius 1 is 1.11 bits per heavy atom. The number of urea groups is 1. The standard InChI is InChI=1S/C19H22N4O4/c24-15-10-14(12-23(15)11-13-4-2-1-3-5-13)16(25)22-8-6-19(7-9-22)17(26)20-18(27)21-19/h1-5,14H,6-12H2,(H2,20,21,26,27). The van der Waals surface area contributed by atoms with Crippen LogP contribution in [0, 0.1) is 5.92 Å². The monoisotopic (exact) mass is 370 g/mol. The maximum Gasteiger partial charge on any atom is 0.322 e. The van der Waals surface area contributed by atoms with Crippen molar-refractivity contribution < 1.29 is 19.2 Å². The number of likely N-dealkylation sites (tertiary alicyclic amines) is 2. The first-order valence-electron chi connectivity index (χ1n) is 9.21. The van der Waals surface area contributed by atoms with E-state index in [2.05, 4.69) is 10.6 Å². The molecule has 0 aromatic heterocycles. The highest BCUT2D eigenvalue weighted by molar-refractivity contribution is 6.07. The van der Waals surface area contributed by atoms with Crippen molar-refractivity contribution in [2.24, 2.45) is 5.92 Å². The van der Waals surface area contributed by atoms with E-state index >= 15 is 0 Å². The molecule has 0 bridgehead atoms. The Hall–Kier alpha value is -2.90. The van der Waals surface area contributed by atoms with Crippen molar-refractivity contribution >= 4 is 23.8 Å². The van der Waals surface area contributed by atoms with E-state index in [-0.39, 0.29) is 30.1 Å². The van der Waals surface area contributed by atoms with Crippen molar-refractivity contribution in [3.63, 3.8) is 0 Å². The molecule has 2 N–H and O–H groups in total. The van der Waals surface area contributed by atoms with Crippen molar-refractivity contribution in [1.82, 2.24) is 20.4 Å². The molecule has 1 spiro atoms. The second kappa shape index (κ2) is 6.68. The highest BCUT2D eigenvalue weighted by Gasteiger charge is 2.49. The number of nitrogens with zero attached hydrogens (tertiary/aromatic N) is 2. The molecule has 27 heavy (non-hydrogen) atoms. The first-order chi connectivity index (χ1) is 13.0. The molecule has 8 nitrogen and oxygen atoms in total. The van der Waals surface area contributed by atoms with Crippen LogP contribution in [0.1, 0.15) is 24.8 Å². The van der Waals surface area contributed by atoms with E-state index in [1.807, 2.05) is 30.3 Å². The van der Waals surface area contributed by atoms with Crippen LogP contribution in [0.25, 0.3) is 0 Å². The summed E-state index contributed by atoms with van der Waals surface area (Å²) >= 11 is 0. The summed E-state index contributed by atoms with van der Waals surface area (Å²) in [5, 5.41) is 4.96. The summed E-state index contributed by atoms with van der Waals surface area (Å²) in [6.07, 6.45) is 1.01. The average molecular weight is 370 g/mol. The van der Waals surface area contributed by atoms with Gasteiger partial charge in [-0.05, 0) is 18.4 Å². The summed E-state index contributed by atoms with van der Waals surface area (Å²) in [5.41, 5.74) is 0.153. The molecule has 1 unspecified atom stereocenters. The molecule has 0 radical (unpaired) electrons. The highest BCUT2D eigenvalue weighted by Crippen LogP contribution is 2.28. The van der Waals surface area contributed by atoms with Crippen molar-refractivity contribution in [3.8, 4) is 0 Å². The Bertz CT molecular complexity index is 786. The van der Waals surface area contributed by atoms with Gasteiger partial charge in [0, 0.05) is 32.6 Å². The van der Waals surface area contributed by atoms with E-state index in [1.54, 1.807) is 9.80 Å². The van der Waals surface area contributed by atoms with Gasteiger partial charge < -0.3 is 15.1 Å².